The molecule has 1 aromatic carbocycles. The van der Waals surface area contributed by atoms with Gasteiger partial charge in [-0.25, -0.2) is 9.97 Å². The van der Waals surface area contributed by atoms with Gasteiger partial charge in [0, 0.05) is 30.3 Å². The highest BCUT2D eigenvalue weighted by molar-refractivity contribution is 8.01. The van der Waals surface area contributed by atoms with E-state index in [0.717, 1.165) is 54.5 Å². The molecule has 30 heavy (non-hydrogen) atoms. The summed E-state index contributed by atoms with van der Waals surface area (Å²) in [4.78, 5) is 24.4. The number of alkyl halides is 3. The molecule has 2 atom stereocenters. The van der Waals surface area contributed by atoms with Crippen molar-refractivity contribution in [1.82, 2.24) is 9.97 Å². The molecule has 5 nitrogen and oxygen atoms in total. The third kappa shape index (κ3) is 4.12. The SMILES string of the molecule is Cc1nc2c(c(N3CCCCC3)n1)C(C)C(C(=O)Nc1cccc(C(F)(F)F)c1)S2. The van der Waals surface area contributed by atoms with E-state index in [1.165, 1.54) is 30.3 Å². The van der Waals surface area contributed by atoms with Crippen LogP contribution in [0.25, 0.3) is 0 Å². The third-order valence-electron chi connectivity index (χ3n) is 5.52. The van der Waals surface area contributed by atoms with Crippen LogP contribution < -0.4 is 10.2 Å². The van der Waals surface area contributed by atoms with Gasteiger partial charge in [0.1, 0.15) is 16.7 Å². The maximum absolute atomic E-state index is 13.0. The number of piperidine rings is 1. The van der Waals surface area contributed by atoms with Crippen LogP contribution in [0.3, 0.4) is 0 Å². The number of aromatic nitrogens is 2. The van der Waals surface area contributed by atoms with Crippen molar-refractivity contribution >= 4 is 29.2 Å². The van der Waals surface area contributed by atoms with Crippen LogP contribution in [0.2, 0.25) is 0 Å². The number of hydrogen-bond donors (Lipinski definition) is 1. The van der Waals surface area contributed by atoms with Crippen LogP contribution >= 0.6 is 11.8 Å². The molecule has 4 rings (SSSR count). The number of carbonyl (C=O) groups is 1. The Hall–Kier alpha value is -2.29. The van der Waals surface area contributed by atoms with Crippen molar-refractivity contribution in [3.63, 3.8) is 0 Å². The third-order valence-corrected chi connectivity index (χ3v) is 6.93. The Bertz CT molecular complexity index is 960. The molecule has 1 saturated heterocycles. The van der Waals surface area contributed by atoms with E-state index in [4.69, 9.17) is 0 Å². The number of amides is 1. The number of aryl methyl sites for hydroxylation is 1. The molecule has 3 heterocycles. The molecule has 9 heteroatoms. The van der Waals surface area contributed by atoms with Crippen LogP contribution in [0.4, 0.5) is 24.7 Å². The van der Waals surface area contributed by atoms with Gasteiger partial charge >= 0.3 is 6.18 Å². The maximum Gasteiger partial charge on any atom is 0.416 e. The molecule has 1 amide bonds. The minimum absolute atomic E-state index is 0.136. The lowest BCUT2D eigenvalue weighted by molar-refractivity contribution is -0.137. The lowest BCUT2D eigenvalue weighted by Crippen LogP contribution is -2.32. The Kier molecular flexibility index (Phi) is 5.65. The molecule has 0 saturated carbocycles. The van der Waals surface area contributed by atoms with Crippen molar-refractivity contribution < 1.29 is 18.0 Å². The Labute approximate surface area is 177 Å². The number of carbonyl (C=O) groups excluding carboxylic acids is 1. The predicted molar refractivity (Wildman–Crippen MR) is 111 cm³/mol. The molecule has 1 aromatic heterocycles. The summed E-state index contributed by atoms with van der Waals surface area (Å²) in [5, 5.41) is 2.97. The molecule has 1 fully saturated rings. The molecule has 1 N–H and O–H groups in total. The highest BCUT2D eigenvalue weighted by Gasteiger charge is 2.40. The second kappa shape index (κ2) is 8.09. The first kappa shape index (κ1) is 21.0. The van der Waals surface area contributed by atoms with E-state index in [-0.39, 0.29) is 17.5 Å². The summed E-state index contributed by atoms with van der Waals surface area (Å²) in [5.74, 6) is 1.08. The van der Waals surface area contributed by atoms with E-state index in [2.05, 4.69) is 20.2 Å². The minimum Gasteiger partial charge on any atom is -0.356 e. The van der Waals surface area contributed by atoms with Crippen molar-refractivity contribution in [2.24, 2.45) is 0 Å². The highest BCUT2D eigenvalue weighted by Crippen LogP contribution is 2.48. The van der Waals surface area contributed by atoms with Crippen molar-refractivity contribution in [2.75, 3.05) is 23.3 Å². The molecule has 2 aromatic rings. The van der Waals surface area contributed by atoms with E-state index in [1.54, 1.807) is 0 Å². The number of hydrogen-bond acceptors (Lipinski definition) is 5. The first-order chi connectivity index (χ1) is 14.2. The first-order valence-electron chi connectivity index (χ1n) is 10.0. The van der Waals surface area contributed by atoms with Crippen LogP contribution in [0.15, 0.2) is 29.3 Å². The van der Waals surface area contributed by atoms with E-state index >= 15 is 0 Å². The van der Waals surface area contributed by atoms with Crippen LogP contribution in [-0.2, 0) is 11.0 Å². The Morgan fingerprint density at radius 3 is 2.63 bits per heavy atom. The largest absolute Gasteiger partial charge is 0.416 e. The van der Waals surface area contributed by atoms with E-state index in [0.29, 0.717) is 5.82 Å². The van der Waals surface area contributed by atoms with E-state index in [9.17, 15) is 18.0 Å². The summed E-state index contributed by atoms with van der Waals surface area (Å²) in [5.41, 5.74) is 0.318. The molecule has 2 aliphatic heterocycles. The summed E-state index contributed by atoms with van der Waals surface area (Å²) in [7, 11) is 0. The quantitative estimate of drug-likeness (QED) is 0.686. The number of halogens is 3. The number of thioether (sulfide) groups is 1. The smallest absolute Gasteiger partial charge is 0.356 e. The van der Waals surface area contributed by atoms with Crippen LogP contribution in [0, 0.1) is 6.92 Å². The first-order valence-corrected chi connectivity index (χ1v) is 10.9. The topological polar surface area (TPSA) is 58.1 Å². The molecular formula is C21H23F3N4OS. The van der Waals surface area contributed by atoms with Gasteiger partial charge in [0.25, 0.3) is 0 Å². The van der Waals surface area contributed by atoms with Crippen molar-refractivity contribution in [1.29, 1.82) is 0 Å². The Balaban J connectivity index is 1.57. The summed E-state index contributed by atoms with van der Waals surface area (Å²) in [6.07, 6.45) is -1.03. The van der Waals surface area contributed by atoms with E-state index < -0.39 is 17.0 Å². The molecule has 160 valence electrons. The average Bonchev–Trinajstić information content (AvgIpc) is 3.04. The average molecular weight is 437 g/mol. The summed E-state index contributed by atoms with van der Waals surface area (Å²) >= 11 is 1.36. The number of nitrogens with one attached hydrogen (secondary N) is 1. The fourth-order valence-corrected chi connectivity index (χ4v) is 5.35. The zero-order valence-corrected chi connectivity index (χ0v) is 17.6. The van der Waals surface area contributed by atoms with Gasteiger partial charge in [0.05, 0.1) is 10.8 Å². The minimum atomic E-state index is -4.46. The standard InChI is InChI=1S/C21H23F3N4OS/c1-12-16-18(28-9-4-3-5-10-28)25-13(2)26-20(16)30-17(12)19(29)27-15-8-6-7-14(11-15)21(22,23)24/h6-8,11-12,17H,3-5,9-10H2,1-2H3,(H,27,29). The van der Waals surface area contributed by atoms with Gasteiger partial charge in [-0.1, -0.05) is 24.8 Å². The van der Waals surface area contributed by atoms with Crippen LogP contribution in [0.1, 0.15) is 49.1 Å². The highest BCUT2D eigenvalue weighted by atomic mass is 32.2. The van der Waals surface area contributed by atoms with Gasteiger partial charge in [0.15, 0.2) is 0 Å². The van der Waals surface area contributed by atoms with Crippen molar-refractivity contribution in [3.05, 3.63) is 41.2 Å². The maximum atomic E-state index is 13.0. The predicted octanol–water partition coefficient (Wildman–Crippen LogP) is 5.01. The number of anilines is 2. The van der Waals surface area contributed by atoms with Gasteiger partial charge in [0.2, 0.25) is 5.91 Å². The summed E-state index contributed by atoms with van der Waals surface area (Å²) in [6, 6.07) is 4.70. The number of rotatable bonds is 3. The Morgan fingerprint density at radius 1 is 1.20 bits per heavy atom. The molecule has 0 radical (unpaired) electrons. The summed E-state index contributed by atoms with van der Waals surface area (Å²) < 4.78 is 38.9. The zero-order chi connectivity index (χ0) is 21.5. The molecule has 0 spiro atoms. The summed E-state index contributed by atoms with van der Waals surface area (Å²) in [6.45, 7) is 5.67. The van der Waals surface area contributed by atoms with Crippen LogP contribution in [-0.4, -0.2) is 34.2 Å². The number of fused-ring (bicyclic) bond motifs is 1. The molecule has 0 aliphatic carbocycles. The van der Waals surface area contributed by atoms with Gasteiger partial charge in [-0.05, 0) is 44.4 Å². The van der Waals surface area contributed by atoms with Gasteiger partial charge in [-0.15, -0.1) is 0 Å². The van der Waals surface area contributed by atoms with Gasteiger partial charge in [-0.3, -0.25) is 4.79 Å². The fraction of sp³-hybridized carbons (Fsp3) is 0.476. The zero-order valence-electron chi connectivity index (χ0n) is 16.8. The fourth-order valence-electron chi connectivity index (χ4n) is 4.02. The molecule has 2 aliphatic rings. The monoisotopic (exact) mass is 436 g/mol. The molecular weight excluding hydrogens is 413 g/mol. The van der Waals surface area contributed by atoms with Crippen LogP contribution in [0.5, 0.6) is 0 Å². The number of benzene rings is 1. The lowest BCUT2D eigenvalue weighted by Gasteiger charge is -2.30. The van der Waals surface area contributed by atoms with Crippen molar-refractivity contribution in [2.45, 2.75) is 55.5 Å². The van der Waals surface area contributed by atoms with E-state index in [1.807, 2.05) is 13.8 Å². The number of nitrogens with zero attached hydrogens (tertiary/aromatic N) is 3. The molecule has 0 bridgehead atoms. The second-order valence-corrected chi connectivity index (χ2v) is 8.89. The van der Waals surface area contributed by atoms with Crippen molar-refractivity contribution in [3.8, 4) is 0 Å². The normalized spacial score (nSPS) is 21.4. The van der Waals surface area contributed by atoms with Gasteiger partial charge < -0.3 is 10.2 Å². The molecule has 2 unspecified atom stereocenters. The lowest BCUT2D eigenvalue weighted by atomic mass is 9.97. The van der Waals surface area contributed by atoms with Gasteiger partial charge in [-0.2, -0.15) is 13.2 Å². The second-order valence-electron chi connectivity index (χ2n) is 7.76. The Morgan fingerprint density at radius 2 is 1.93 bits per heavy atom.